The molecule has 0 aromatic carbocycles. The van der Waals surface area contributed by atoms with Gasteiger partial charge in [0.05, 0.1) is 24.3 Å². The molecule has 2 rings (SSSR count). The minimum atomic E-state index is 0.111. The van der Waals surface area contributed by atoms with Gasteiger partial charge in [-0.1, -0.05) is 5.16 Å². The minimum absolute atomic E-state index is 0.111. The standard InChI is InChI=1S/C6H9NO2/c1-6-3-8-2-5(6)7-9-4-6/h2-4H2,1H3. The van der Waals surface area contributed by atoms with Crippen LogP contribution in [-0.4, -0.2) is 25.5 Å². The molecule has 2 aliphatic rings. The zero-order chi connectivity index (χ0) is 6.32. The molecule has 3 nitrogen and oxygen atoms in total. The summed E-state index contributed by atoms with van der Waals surface area (Å²) < 4.78 is 5.20. The van der Waals surface area contributed by atoms with Crippen LogP contribution in [0.15, 0.2) is 5.16 Å². The Morgan fingerprint density at radius 3 is 3.22 bits per heavy atom. The summed E-state index contributed by atoms with van der Waals surface area (Å²) in [5, 5.41) is 3.86. The highest BCUT2D eigenvalue weighted by Gasteiger charge is 2.41. The van der Waals surface area contributed by atoms with Crippen LogP contribution in [-0.2, 0) is 9.57 Å². The second kappa shape index (κ2) is 1.48. The van der Waals surface area contributed by atoms with E-state index in [1.807, 2.05) is 0 Å². The second-order valence-electron chi connectivity index (χ2n) is 2.86. The Balaban J connectivity index is 2.31. The Morgan fingerprint density at radius 1 is 1.56 bits per heavy atom. The van der Waals surface area contributed by atoms with Gasteiger partial charge in [-0.2, -0.15) is 0 Å². The summed E-state index contributed by atoms with van der Waals surface area (Å²) in [4.78, 5) is 4.92. The highest BCUT2D eigenvalue weighted by molar-refractivity contribution is 5.93. The summed E-state index contributed by atoms with van der Waals surface area (Å²) in [5.74, 6) is 0. The number of oxime groups is 1. The molecular weight excluding hydrogens is 118 g/mol. The Morgan fingerprint density at radius 2 is 2.44 bits per heavy atom. The van der Waals surface area contributed by atoms with E-state index in [0.29, 0.717) is 13.2 Å². The number of nitrogens with zero attached hydrogens (tertiary/aromatic N) is 1. The molecule has 0 aromatic heterocycles. The van der Waals surface area contributed by atoms with Gasteiger partial charge in [0.15, 0.2) is 0 Å². The SMILES string of the molecule is CC12COCC1=NOC2. The van der Waals surface area contributed by atoms with Gasteiger partial charge < -0.3 is 9.57 Å². The monoisotopic (exact) mass is 127 g/mol. The number of fused-ring (bicyclic) bond motifs is 1. The Kier molecular flexibility index (Phi) is 0.858. The molecule has 0 radical (unpaired) electrons. The van der Waals surface area contributed by atoms with Crippen LogP contribution in [0.4, 0.5) is 0 Å². The van der Waals surface area contributed by atoms with Gasteiger partial charge in [-0.15, -0.1) is 0 Å². The van der Waals surface area contributed by atoms with Gasteiger partial charge in [-0.05, 0) is 6.92 Å². The van der Waals surface area contributed by atoms with E-state index in [0.717, 1.165) is 12.3 Å². The van der Waals surface area contributed by atoms with E-state index in [1.165, 1.54) is 0 Å². The first kappa shape index (κ1) is 5.23. The Hall–Kier alpha value is -0.570. The molecule has 0 amide bonds. The lowest BCUT2D eigenvalue weighted by Crippen LogP contribution is -2.25. The topological polar surface area (TPSA) is 30.8 Å². The maximum absolute atomic E-state index is 5.20. The molecule has 0 N–H and O–H groups in total. The molecule has 1 saturated heterocycles. The number of hydrogen-bond acceptors (Lipinski definition) is 3. The van der Waals surface area contributed by atoms with Crippen LogP contribution in [0, 0.1) is 5.41 Å². The largest absolute Gasteiger partial charge is 0.395 e. The van der Waals surface area contributed by atoms with Crippen molar-refractivity contribution >= 4 is 5.71 Å². The number of rotatable bonds is 0. The van der Waals surface area contributed by atoms with Gasteiger partial charge in [0.2, 0.25) is 0 Å². The molecule has 3 heteroatoms. The van der Waals surface area contributed by atoms with Crippen molar-refractivity contribution < 1.29 is 9.57 Å². The summed E-state index contributed by atoms with van der Waals surface area (Å²) >= 11 is 0. The average molecular weight is 127 g/mol. The van der Waals surface area contributed by atoms with Crippen LogP contribution in [0.5, 0.6) is 0 Å². The van der Waals surface area contributed by atoms with Crippen molar-refractivity contribution in [1.29, 1.82) is 0 Å². The zero-order valence-corrected chi connectivity index (χ0v) is 5.39. The molecule has 0 aromatic rings. The third-order valence-corrected chi connectivity index (χ3v) is 1.91. The van der Waals surface area contributed by atoms with E-state index >= 15 is 0 Å². The molecule has 1 unspecified atom stereocenters. The fourth-order valence-corrected chi connectivity index (χ4v) is 1.14. The van der Waals surface area contributed by atoms with Crippen molar-refractivity contribution in [2.75, 3.05) is 19.8 Å². The summed E-state index contributed by atoms with van der Waals surface area (Å²) in [7, 11) is 0. The van der Waals surface area contributed by atoms with Gasteiger partial charge in [0.25, 0.3) is 0 Å². The summed E-state index contributed by atoms with van der Waals surface area (Å²) in [6.07, 6.45) is 0. The summed E-state index contributed by atoms with van der Waals surface area (Å²) in [6, 6.07) is 0. The number of ether oxygens (including phenoxy) is 1. The van der Waals surface area contributed by atoms with E-state index in [4.69, 9.17) is 9.57 Å². The van der Waals surface area contributed by atoms with E-state index in [2.05, 4.69) is 12.1 Å². The van der Waals surface area contributed by atoms with Crippen LogP contribution < -0.4 is 0 Å². The van der Waals surface area contributed by atoms with Crippen LogP contribution in [0.3, 0.4) is 0 Å². The fourth-order valence-electron chi connectivity index (χ4n) is 1.14. The van der Waals surface area contributed by atoms with Crippen LogP contribution >= 0.6 is 0 Å². The molecule has 1 atom stereocenters. The van der Waals surface area contributed by atoms with Gasteiger partial charge in [0.1, 0.15) is 6.61 Å². The van der Waals surface area contributed by atoms with Crippen LogP contribution in [0.1, 0.15) is 6.92 Å². The molecule has 1 fully saturated rings. The highest BCUT2D eigenvalue weighted by atomic mass is 16.6. The van der Waals surface area contributed by atoms with Crippen LogP contribution in [0.25, 0.3) is 0 Å². The van der Waals surface area contributed by atoms with Gasteiger partial charge in [0, 0.05) is 0 Å². The molecule has 0 saturated carbocycles. The summed E-state index contributed by atoms with van der Waals surface area (Å²) in [6.45, 7) is 4.25. The molecule has 0 bridgehead atoms. The fraction of sp³-hybridized carbons (Fsp3) is 0.833. The van der Waals surface area contributed by atoms with Crippen molar-refractivity contribution in [2.24, 2.45) is 10.6 Å². The lowest BCUT2D eigenvalue weighted by molar-refractivity contribution is 0.0767. The molecule has 0 spiro atoms. The first-order valence-electron chi connectivity index (χ1n) is 3.08. The van der Waals surface area contributed by atoms with Gasteiger partial charge >= 0.3 is 0 Å². The van der Waals surface area contributed by atoms with E-state index < -0.39 is 0 Å². The molecule has 2 heterocycles. The van der Waals surface area contributed by atoms with E-state index in [-0.39, 0.29) is 5.41 Å². The molecule has 0 aliphatic carbocycles. The predicted octanol–water partition coefficient (Wildman–Crippen LogP) is 0.409. The lowest BCUT2D eigenvalue weighted by atomic mass is 9.90. The lowest BCUT2D eigenvalue weighted by Gasteiger charge is -2.11. The molecule has 9 heavy (non-hydrogen) atoms. The summed E-state index contributed by atoms with van der Waals surface area (Å²) in [5.41, 5.74) is 1.18. The smallest absolute Gasteiger partial charge is 0.130 e. The zero-order valence-electron chi connectivity index (χ0n) is 5.39. The second-order valence-corrected chi connectivity index (χ2v) is 2.86. The maximum atomic E-state index is 5.20. The normalized spacial score (nSPS) is 39.9. The van der Waals surface area contributed by atoms with Gasteiger partial charge in [-0.25, -0.2) is 0 Å². The Labute approximate surface area is 53.6 Å². The average Bonchev–Trinajstić information content (AvgIpc) is 2.22. The van der Waals surface area contributed by atoms with Crippen molar-refractivity contribution in [3.63, 3.8) is 0 Å². The van der Waals surface area contributed by atoms with Crippen molar-refractivity contribution in [3.05, 3.63) is 0 Å². The maximum Gasteiger partial charge on any atom is 0.130 e. The Bertz CT molecular complexity index is 166. The highest BCUT2D eigenvalue weighted by Crippen LogP contribution is 2.30. The van der Waals surface area contributed by atoms with Crippen LogP contribution in [0.2, 0.25) is 0 Å². The van der Waals surface area contributed by atoms with Crippen molar-refractivity contribution in [1.82, 2.24) is 0 Å². The van der Waals surface area contributed by atoms with E-state index in [9.17, 15) is 0 Å². The first-order chi connectivity index (χ1) is 4.31. The minimum Gasteiger partial charge on any atom is -0.395 e. The quantitative estimate of drug-likeness (QED) is 0.472. The molecular formula is C6H9NO2. The third kappa shape index (κ3) is 0.580. The van der Waals surface area contributed by atoms with E-state index in [1.54, 1.807) is 0 Å². The van der Waals surface area contributed by atoms with Crippen molar-refractivity contribution in [2.45, 2.75) is 6.92 Å². The predicted molar refractivity (Wildman–Crippen MR) is 32.3 cm³/mol. The van der Waals surface area contributed by atoms with Crippen molar-refractivity contribution in [3.8, 4) is 0 Å². The molecule has 2 aliphatic heterocycles. The van der Waals surface area contributed by atoms with Gasteiger partial charge in [-0.3, -0.25) is 0 Å². The third-order valence-electron chi connectivity index (χ3n) is 1.91. The first-order valence-corrected chi connectivity index (χ1v) is 3.08. The number of hydrogen-bond donors (Lipinski definition) is 0. The molecule has 50 valence electrons.